The molecular formula is C12H14N2O4. The average Bonchev–Trinajstić information content (AvgIpc) is 2.33. The van der Waals surface area contributed by atoms with Crippen molar-refractivity contribution in [3.8, 4) is 11.5 Å². The molecule has 0 aliphatic carbocycles. The first kappa shape index (κ1) is 12.3. The number of rotatable bonds is 3. The lowest BCUT2D eigenvalue weighted by Gasteiger charge is -2.21. The normalized spacial score (nSPS) is 19.5. The smallest absolute Gasteiger partial charge is 0.267 e. The Morgan fingerprint density at radius 3 is 2.94 bits per heavy atom. The van der Waals surface area contributed by atoms with Gasteiger partial charge in [-0.3, -0.25) is 19.9 Å². The third-order valence-electron chi connectivity index (χ3n) is 2.72. The molecule has 6 heteroatoms. The standard InChI is InChI=1S/C12H14N2O4/c1-2-8-9(15)5-7(6-13-8)18-10-3-4-11(16)14-12(10)17/h5-6,10,15H,2-4H2,1H3,(H,14,16,17). The minimum atomic E-state index is -0.712. The molecule has 0 spiro atoms. The molecule has 1 saturated heterocycles. The molecule has 0 aromatic carbocycles. The monoisotopic (exact) mass is 250 g/mol. The van der Waals surface area contributed by atoms with Gasteiger partial charge in [-0.15, -0.1) is 0 Å². The summed E-state index contributed by atoms with van der Waals surface area (Å²) in [5, 5.41) is 11.8. The lowest BCUT2D eigenvalue weighted by molar-refractivity contribution is -0.138. The molecule has 2 rings (SSSR count). The van der Waals surface area contributed by atoms with Crippen LogP contribution in [-0.2, 0) is 16.0 Å². The van der Waals surface area contributed by atoms with Crippen molar-refractivity contribution in [3.63, 3.8) is 0 Å². The zero-order valence-corrected chi connectivity index (χ0v) is 9.97. The van der Waals surface area contributed by atoms with Gasteiger partial charge in [0.25, 0.3) is 5.91 Å². The van der Waals surface area contributed by atoms with Crippen LogP contribution < -0.4 is 10.1 Å². The van der Waals surface area contributed by atoms with E-state index < -0.39 is 12.0 Å². The Morgan fingerprint density at radius 1 is 1.56 bits per heavy atom. The van der Waals surface area contributed by atoms with Crippen molar-refractivity contribution in [2.45, 2.75) is 32.3 Å². The summed E-state index contributed by atoms with van der Waals surface area (Å²) in [6, 6.07) is 1.43. The van der Waals surface area contributed by atoms with E-state index in [1.807, 2.05) is 6.92 Å². The van der Waals surface area contributed by atoms with Gasteiger partial charge >= 0.3 is 0 Å². The number of imide groups is 1. The van der Waals surface area contributed by atoms with Crippen LogP contribution in [0.3, 0.4) is 0 Å². The number of nitrogens with zero attached hydrogens (tertiary/aromatic N) is 1. The van der Waals surface area contributed by atoms with Gasteiger partial charge in [0.15, 0.2) is 6.10 Å². The van der Waals surface area contributed by atoms with E-state index in [0.717, 1.165) is 0 Å². The van der Waals surface area contributed by atoms with Gasteiger partial charge in [0, 0.05) is 18.9 Å². The highest BCUT2D eigenvalue weighted by atomic mass is 16.5. The summed E-state index contributed by atoms with van der Waals surface area (Å²) in [5.74, 6) is -0.381. The summed E-state index contributed by atoms with van der Waals surface area (Å²) in [5.41, 5.74) is 0.575. The van der Waals surface area contributed by atoms with E-state index in [0.29, 0.717) is 24.3 Å². The zero-order valence-electron chi connectivity index (χ0n) is 9.97. The number of ether oxygens (including phenoxy) is 1. The predicted molar refractivity (Wildman–Crippen MR) is 62.1 cm³/mol. The first-order valence-electron chi connectivity index (χ1n) is 5.78. The minimum absolute atomic E-state index is 0.0438. The third kappa shape index (κ3) is 2.58. The number of piperidine rings is 1. The molecule has 1 aliphatic heterocycles. The van der Waals surface area contributed by atoms with E-state index in [1.54, 1.807) is 0 Å². The molecule has 0 saturated carbocycles. The summed E-state index contributed by atoms with van der Waals surface area (Å²) in [6.45, 7) is 1.88. The van der Waals surface area contributed by atoms with Crippen LogP contribution in [0.25, 0.3) is 0 Å². The molecule has 18 heavy (non-hydrogen) atoms. The Morgan fingerprint density at radius 2 is 2.33 bits per heavy atom. The SMILES string of the molecule is CCc1ncc(OC2CCC(=O)NC2=O)cc1O. The Bertz CT molecular complexity index is 487. The number of amides is 2. The fourth-order valence-electron chi connectivity index (χ4n) is 1.75. The Hall–Kier alpha value is -2.11. The summed E-state index contributed by atoms with van der Waals surface area (Å²) in [4.78, 5) is 26.5. The number of pyridine rings is 1. The quantitative estimate of drug-likeness (QED) is 0.764. The van der Waals surface area contributed by atoms with Crippen LogP contribution in [0.2, 0.25) is 0 Å². The fraction of sp³-hybridized carbons (Fsp3) is 0.417. The second-order valence-electron chi connectivity index (χ2n) is 4.05. The van der Waals surface area contributed by atoms with Crippen molar-refractivity contribution in [3.05, 3.63) is 18.0 Å². The van der Waals surface area contributed by atoms with Gasteiger partial charge in [-0.25, -0.2) is 0 Å². The highest BCUT2D eigenvalue weighted by Crippen LogP contribution is 2.23. The summed E-state index contributed by atoms with van der Waals surface area (Å²) < 4.78 is 5.41. The van der Waals surface area contributed by atoms with Crippen LogP contribution in [0.1, 0.15) is 25.5 Å². The molecule has 1 aromatic heterocycles. The largest absolute Gasteiger partial charge is 0.506 e. The Kier molecular flexibility index (Phi) is 3.45. The number of hydrogen-bond acceptors (Lipinski definition) is 5. The fourth-order valence-corrected chi connectivity index (χ4v) is 1.75. The van der Waals surface area contributed by atoms with Crippen molar-refractivity contribution < 1.29 is 19.4 Å². The molecule has 2 N–H and O–H groups in total. The number of hydrogen-bond donors (Lipinski definition) is 2. The molecule has 1 atom stereocenters. The molecule has 0 radical (unpaired) electrons. The van der Waals surface area contributed by atoms with Gasteiger partial charge in [-0.2, -0.15) is 0 Å². The predicted octanol–water partition coefficient (Wildman–Crippen LogP) is 0.534. The number of nitrogens with one attached hydrogen (secondary N) is 1. The van der Waals surface area contributed by atoms with Gasteiger partial charge < -0.3 is 9.84 Å². The van der Waals surface area contributed by atoms with Gasteiger partial charge in [-0.1, -0.05) is 6.92 Å². The number of carbonyl (C=O) groups excluding carboxylic acids is 2. The van der Waals surface area contributed by atoms with Crippen LogP contribution in [0, 0.1) is 0 Å². The van der Waals surface area contributed by atoms with Crippen LogP contribution in [-0.4, -0.2) is 28.0 Å². The lowest BCUT2D eigenvalue weighted by atomic mass is 10.1. The van der Waals surface area contributed by atoms with Crippen molar-refractivity contribution in [2.75, 3.05) is 0 Å². The first-order chi connectivity index (χ1) is 8.60. The van der Waals surface area contributed by atoms with Crippen molar-refractivity contribution in [2.24, 2.45) is 0 Å². The van der Waals surface area contributed by atoms with Crippen LogP contribution in [0.4, 0.5) is 0 Å². The van der Waals surface area contributed by atoms with E-state index in [1.165, 1.54) is 12.3 Å². The average molecular weight is 250 g/mol. The Labute approximate surface area is 104 Å². The maximum absolute atomic E-state index is 11.5. The molecule has 1 aliphatic rings. The van der Waals surface area contributed by atoms with Crippen LogP contribution >= 0.6 is 0 Å². The number of aromatic nitrogens is 1. The van der Waals surface area contributed by atoms with E-state index in [9.17, 15) is 14.7 Å². The summed E-state index contributed by atoms with van der Waals surface area (Å²) in [7, 11) is 0. The molecule has 1 unspecified atom stereocenters. The molecule has 1 aromatic rings. The highest BCUT2D eigenvalue weighted by Gasteiger charge is 2.28. The van der Waals surface area contributed by atoms with Crippen LogP contribution in [0.15, 0.2) is 12.3 Å². The van der Waals surface area contributed by atoms with Crippen LogP contribution in [0.5, 0.6) is 11.5 Å². The van der Waals surface area contributed by atoms with E-state index in [4.69, 9.17) is 4.74 Å². The summed E-state index contributed by atoms with van der Waals surface area (Å²) >= 11 is 0. The second-order valence-corrected chi connectivity index (χ2v) is 4.05. The van der Waals surface area contributed by atoms with E-state index in [2.05, 4.69) is 10.3 Å². The third-order valence-corrected chi connectivity index (χ3v) is 2.72. The van der Waals surface area contributed by atoms with Crippen molar-refractivity contribution in [1.29, 1.82) is 0 Å². The maximum Gasteiger partial charge on any atom is 0.267 e. The minimum Gasteiger partial charge on any atom is -0.506 e. The number of aryl methyl sites for hydroxylation is 1. The Balaban J connectivity index is 2.07. The molecule has 2 heterocycles. The first-order valence-corrected chi connectivity index (χ1v) is 5.78. The topological polar surface area (TPSA) is 88.5 Å². The van der Waals surface area contributed by atoms with E-state index in [-0.39, 0.29) is 18.1 Å². The second kappa shape index (κ2) is 5.03. The van der Waals surface area contributed by atoms with E-state index >= 15 is 0 Å². The molecular weight excluding hydrogens is 236 g/mol. The maximum atomic E-state index is 11.5. The van der Waals surface area contributed by atoms with Gasteiger partial charge in [-0.05, 0) is 6.42 Å². The van der Waals surface area contributed by atoms with Gasteiger partial charge in [0.2, 0.25) is 5.91 Å². The van der Waals surface area contributed by atoms with Gasteiger partial charge in [0.05, 0.1) is 11.9 Å². The molecule has 0 bridgehead atoms. The zero-order chi connectivity index (χ0) is 13.1. The van der Waals surface area contributed by atoms with Crippen molar-refractivity contribution >= 4 is 11.8 Å². The molecule has 2 amide bonds. The van der Waals surface area contributed by atoms with Crippen molar-refractivity contribution in [1.82, 2.24) is 10.3 Å². The summed E-state index contributed by atoms with van der Waals surface area (Å²) in [6.07, 6.45) is 1.95. The number of carbonyl (C=O) groups is 2. The number of aromatic hydroxyl groups is 1. The lowest BCUT2D eigenvalue weighted by Crippen LogP contribution is -2.46. The molecule has 96 valence electrons. The van der Waals surface area contributed by atoms with Gasteiger partial charge in [0.1, 0.15) is 11.5 Å². The highest BCUT2D eigenvalue weighted by molar-refractivity contribution is 5.99. The molecule has 1 fully saturated rings. The molecule has 6 nitrogen and oxygen atoms in total.